The van der Waals surface area contributed by atoms with Gasteiger partial charge in [0.2, 0.25) is 5.91 Å². The van der Waals surface area contributed by atoms with Gasteiger partial charge in [0.25, 0.3) is 0 Å². The van der Waals surface area contributed by atoms with Gasteiger partial charge in [-0.25, -0.2) is 15.0 Å². The van der Waals surface area contributed by atoms with E-state index in [4.69, 9.17) is 9.97 Å². The smallest absolute Gasteiger partial charge is 0.227 e. The number of fused-ring (bicyclic) bond motifs is 1. The summed E-state index contributed by atoms with van der Waals surface area (Å²) in [4.78, 5) is 33.8. The van der Waals surface area contributed by atoms with Gasteiger partial charge in [-0.15, -0.1) is 0 Å². The van der Waals surface area contributed by atoms with Gasteiger partial charge in [-0.1, -0.05) is 13.8 Å². The summed E-state index contributed by atoms with van der Waals surface area (Å²) in [6, 6.07) is 2.09. The van der Waals surface area contributed by atoms with E-state index >= 15 is 0 Å². The lowest BCUT2D eigenvalue weighted by atomic mass is 9.95. The number of aromatic nitrogens is 3. The van der Waals surface area contributed by atoms with E-state index in [1.165, 1.54) is 0 Å². The average Bonchev–Trinajstić information content (AvgIpc) is 2.77. The topological polar surface area (TPSA) is 65.5 Å². The van der Waals surface area contributed by atoms with E-state index in [0.29, 0.717) is 11.6 Å². The van der Waals surface area contributed by atoms with E-state index in [1.807, 2.05) is 6.20 Å². The molecule has 4 heterocycles. The molecule has 29 heavy (non-hydrogen) atoms. The molecule has 2 aromatic heterocycles. The quantitative estimate of drug-likeness (QED) is 0.789. The first-order valence-corrected chi connectivity index (χ1v) is 11.0. The van der Waals surface area contributed by atoms with Gasteiger partial charge in [0.1, 0.15) is 5.52 Å². The van der Waals surface area contributed by atoms with Crippen molar-refractivity contribution in [3.8, 4) is 0 Å². The van der Waals surface area contributed by atoms with Crippen molar-refractivity contribution in [2.24, 2.45) is 5.92 Å². The van der Waals surface area contributed by atoms with E-state index in [2.05, 4.69) is 46.6 Å². The van der Waals surface area contributed by atoms with E-state index in [1.54, 1.807) is 0 Å². The predicted molar refractivity (Wildman–Crippen MR) is 115 cm³/mol. The number of aryl methyl sites for hydroxylation is 2. The molecule has 0 aromatic carbocycles. The van der Waals surface area contributed by atoms with Crippen LogP contribution in [0.5, 0.6) is 0 Å². The SMILES string of the molecule is CCc1nc2cc(N3CCC[C@H](C(=O)N4CCN(C)CC4)C3)cnc2nc1CC. The molecule has 0 saturated carbocycles. The van der Waals surface area contributed by atoms with Gasteiger partial charge in [0.05, 0.1) is 29.2 Å². The number of carbonyl (C=O) groups excluding carboxylic acids is 1. The fraction of sp³-hybridized carbons (Fsp3) is 0.636. The second-order valence-corrected chi connectivity index (χ2v) is 8.27. The number of nitrogens with zero attached hydrogens (tertiary/aromatic N) is 6. The maximum atomic E-state index is 13.0. The van der Waals surface area contributed by atoms with Gasteiger partial charge in [-0.05, 0) is 38.8 Å². The highest BCUT2D eigenvalue weighted by molar-refractivity contribution is 5.80. The molecule has 0 aliphatic carbocycles. The van der Waals surface area contributed by atoms with Crippen molar-refractivity contribution in [2.45, 2.75) is 39.5 Å². The summed E-state index contributed by atoms with van der Waals surface area (Å²) in [5.41, 5.74) is 4.71. The minimum atomic E-state index is 0.0719. The maximum absolute atomic E-state index is 13.0. The van der Waals surface area contributed by atoms with E-state index in [0.717, 1.165) is 87.5 Å². The summed E-state index contributed by atoms with van der Waals surface area (Å²) in [5, 5.41) is 0. The molecule has 2 fully saturated rings. The largest absolute Gasteiger partial charge is 0.369 e. The molecule has 7 heteroatoms. The Kier molecular flexibility index (Phi) is 5.94. The summed E-state index contributed by atoms with van der Waals surface area (Å²) >= 11 is 0. The van der Waals surface area contributed by atoms with Crippen LogP contribution in [0.1, 0.15) is 38.1 Å². The van der Waals surface area contributed by atoms with Gasteiger partial charge in [-0.2, -0.15) is 0 Å². The molecular formula is C22H32N6O. The zero-order valence-corrected chi connectivity index (χ0v) is 17.9. The second-order valence-electron chi connectivity index (χ2n) is 8.27. The number of carbonyl (C=O) groups is 1. The lowest BCUT2D eigenvalue weighted by Gasteiger charge is -2.38. The van der Waals surface area contributed by atoms with Gasteiger partial charge in [0.15, 0.2) is 5.65 Å². The Morgan fingerprint density at radius 2 is 1.79 bits per heavy atom. The van der Waals surface area contributed by atoms with Crippen LogP contribution in [0, 0.1) is 5.92 Å². The van der Waals surface area contributed by atoms with Crippen LogP contribution >= 0.6 is 0 Å². The monoisotopic (exact) mass is 396 g/mol. The van der Waals surface area contributed by atoms with Crippen LogP contribution in [0.3, 0.4) is 0 Å². The average molecular weight is 397 g/mol. The molecule has 0 N–H and O–H groups in total. The number of amides is 1. The van der Waals surface area contributed by atoms with Crippen molar-refractivity contribution in [3.05, 3.63) is 23.7 Å². The standard InChI is InChI=1S/C22H32N6O/c1-4-18-19(5-2)25-21-20(24-18)13-17(14-23-21)28-8-6-7-16(15-28)22(29)27-11-9-26(3)10-12-27/h13-14,16H,4-12,15H2,1-3H3/t16-/m0/s1. The molecule has 0 bridgehead atoms. The van der Waals surface area contributed by atoms with Crippen molar-refractivity contribution in [1.82, 2.24) is 24.8 Å². The molecule has 2 aliphatic rings. The minimum absolute atomic E-state index is 0.0719. The first-order valence-electron chi connectivity index (χ1n) is 11.0. The lowest BCUT2D eigenvalue weighted by Crippen LogP contribution is -2.51. The molecular weight excluding hydrogens is 364 g/mol. The highest BCUT2D eigenvalue weighted by Crippen LogP contribution is 2.26. The molecule has 7 nitrogen and oxygen atoms in total. The third-order valence-corrected chi connectivity index (χ3v) is 6.28. The number of rotatable bonds is 4. The van der Waals surface area contributed by atoms with E-state index in [9.17, 15) is 4.79 Å². The fourth-order valence-corrected chi connectivity index (χ4v) is 4.44. The van der Waals surface area contributed by atoms with E-state index in [-0.39, 0.29) is 5.92 Å². The number of pyridine rings is 1. The Balaban J connectivity index is 1.51. The van der Waals surface area contributed by atoms with Crippen molar-refractivity contribution in [1.29, 1.82) is 0 Å². The van der Waals surface area contributed by atoms with Crippen molar-refractivity contribution in [3.63, 3.8) is 0 Å². The summed E-state index contributed by atoms with van der Waals surface area (Å²) < 4.78 is 0. The van der Waals surface area contributed by atoms with Crippen LogP contribution in [0.4, 0.5) is 5.69 Å². The number of piperidine rings is 1. The molecule has 156 valence electrons. The third kappa shape index (κ3) is 4.20. The Labute approximate surface area is 173 Å². The number of piperazine rings is 1. The first kappa shape index (κ1) is 20.0. The fourth-order valence-electron chi connectivity index (χ4n) is 4.44. The first-order chi connectivity index (χ1) is 14.1. The molecule has 2 aliphatic heterocycles. The Bertz CT molecular complexity index is 877. The number of hydrogen-bond acceptors (Lipinski definition) is 6. The van der Waals surface area contributed by atoms with E-state index < -0.39 is 0 Å². The summed E-state index contributed by atoms with van der Waals surface area (Å²) in [6.45, 7) is 9.57. The Morgan fingerprint density at radius 1 is 1.07 bits per heavy atom. The van der Waals surface area contributed by atoms with Gasteiger partial charge in [-0.3, -0.25) is 4.79 Å². The molecule has 0 spiro atoms. The summed E-state index contributed by atoms with van der Waals surface area (Å²) in [6.07, 6.45) is 5.65. The van der Waals surface area contributed by atoms with Gasteiger partial charge < -0.3 is 14.7 Å². The molecule has 1 amide bonds. The van der Waals surface area contributed by atoms with Crippen LogP contribution in [-0.2, 0) is 17.6 Å². The number of hydrogen-bond donors (Lipinski definition) is 0. The maximum Gasteiger partial charge on any atom is 0.227 e. The molecule has 0 radical (unpaired) electrons. The predicted octanol–water partition coefficient (Wildman–Crippen LogP) is 2.14. The normalized spacial score (nSPS) is 21.0. The lowest BCUT2D eigenvalue weighted by molar-refractivity contribution is -0.137. The van der Waals surface area contributed by atoms with Crippen molar-refractivity contribution in [2.75, 3.05) is 51.2 Å². The molecule has 2 aromatic rings. The summed E-state index contributed by atoms with van der Waals surface area (Å²) in [5.74, 6) is 0.389. The molecule has 0 unspecified atom stereocenters. The zero-order chi connectivity index (χ0) is 20.4. The Hall–Kier alpha value is -2.28. The van der Waals surface area contributed by atoms with Crippen molar-refractivity contribution < 1.29 is 4.79 Å². The van der Waals surface area contributed by atoms with Crippen LogP contribution in [0.2, 0.25) is 0 Å². The van der Waals surface area contributed by atoms with Crippen LogP contribution in [0.15, 0.2) is 12.3 Å². The number of anilines is 1. The molecule has 4 rings (SSSR count). The molecule has 1 atom stereocenters. The van der Waals surface area contributed by atoms with Crippen LogP contribution in [-0.4, -0.2) is 77.0 Å². The highest BCUT2D eigenvalue weighted by atomic mass is 16.2. The van der Waals surface area contributed by atoms with Crippen LogP contribution < -0.4 is 4.90 Å². The summed E-state index contributed by atoms with van der Waals surface area (Å²) in [7, 11) is 2.12. The minimum Gasteiger partial charge on any atom is -0.369 e. The zero-order valence-electron chi connectivity index (χ0n) is 17.9. The Morgan fingerprint density at radius 3 is 2.52 bits per heavy atom. The van der Waals surface area contributed by atoms with Crippen molar-refractivity contribution >= 4 is 22.8 Å². The van der Waals surface area contributed by atoms with Gasteiger partial charge in [0, 0.05) is 39.3 Å². The van der Waals surface area contributed by atoms with Crippen LogP contribution in [0.25, 0.3) is 11.2 Å². The van der Waals surface area contributed by atoms with Gasteiger partial charge >= 0.3 is 0 Å². The second kappa shape index (κ2) is 8.61. The highest BCUT2D eigenvalue weighted by Gasteiger charge is 2.31. The molecule has 2 saturated heterocycles. The third-order valence-electron chi connectivity index (χ3n) is 6.28. The number of likely N-dealkylation sites (N-methyl/N-ethyl adjacent to an activating group) is 1.